The number of benzene rings is 1. The Morgan fingerprint density at radius 3 is 2.62 bits per heavy atom. The van der Waals surface area contributed by atoms with Crippen molar-refractivity contribution in [3.63, 3.8) is 0 Å². The molecule has 0 heterocycles. The second kappa shape index (κ2) is 5.60. The standard InChI is InChI=1S/C9H9BrF2S/c10-4-1-5-13-7-2-3-8(11)9(12)6-7/h2-3,6H,1,4-5H2. The molecular weight excluding hydrogens is 258 g/mol. The smallest absolute Gasteiger partial charge is 0.159 e. The van der Waals surface area contributed by atoms with E-state index >= 15 is 0 Å². The van der Waals surface area contributed by atoms with Crippen molar-refractivity contribution in [3.8, 4) is 0 Å². The van der Waals surface area contributed by atoms with Gasteiger partial charge in [0.1, 0.15) is 0 Å². The molecule has 0 amide bonds. The van der Waals surface area contributed by atoms with Crippen LogP contribution in [-0.2, 0) is 0 Å². The molecule has 0 aliphatic carbocycles. The number of alkyl halides is 1. The van der Waals surface area contributed by atoms with Gasteiger partial charge in [-0.15, -0.1) is 11.8 Å². The maximum Gasteiger partial charge on any atom is 0.159 e. The Kier molecular flexibility index (Phi) is 4.73. The molecule has 0 fully saturated rings. The van der Waals surface area contributed by atoms with Gasteiger partial charge < -0.3 is 0 Å². The van der Waals surface area contributed by atoms with E-state index in [0.29, 0.717) is 0 Å². The molecule has 0 spiro atoms. The summed E-state index contributed by atoms with van der Waals surface area (Å²) in [5, 5.41) is 0.934. The Balaban J connectivity index is 2.53. The Labute approximate surface area is 88.8 Å². The fourth-order valence-electron chi connectivity index (χ4n) is 0.811. The third-order valence-corrected chi connectivity index (χ3v) is 3.08. The first-order valence-corrected chi connectivity index (χ1v) is 5.98. The second-order valence-electron chi connectivity index (χ2n) is 2.47. The minimum Gasteiger partial charge on any atom is -0.204 e. The molecular formula is C9H9BrF2S. The molecule has 4 heteroatoms. The average Bonchev–Trinajstić information content (AvgIpc) is 2.12. The lowest BCUT2D eigenvalue weighted by molar-refractivity contribution is 0.506. The molecule has 0 atom stereocenters. The maximum absolute atomic E-state index is 12.7. The molecule has 0 nitrogen and oxygen atoms in total. The van der Waals surface area contributed by atoms with Crippen LogP contribution in [0.25, 0.3) is 0 Å². The monoisotopic (exact) mass is 266 g/mol. The van der Waals surface area contributed by atoms with Crippen molar-refractivity contribution in [2.24, 2.45) is 0 Å². The highest BCUT2D eigenvalue weighted by atomic mass is 79.9. The zero-order valence-electron chi connectivity index (χ0n) is 6.90. The normalized spacial score (nSPS) is 10.4. The molecule has 0 unspecified atom stereocenters. The van der Waals surface area contributed by atoms with Crippen molar-refractivity contribution >= 4 is 27.7 Å². The van der Waals surface area contributed by atoms with Crippen LogP contribution in [0.2, 0.25) is 0 Å². The van der Waals surface area contributed by atoms with Crippen molar-refractivity contribution in [3.05, 3.63) is 29.8 Å². The summed E-state index contributed by atoms with van der Waals surface area (Å²) in [7, 11) is 0. The summed E-state index contributed by atoms with van der Waals surface area (Å²) in [5.41, 5.74) is 0. The lowest BCUT2D eigenvalue weighted by Gasteiger charge is -2.00. The predicted octanol–water partition coefficient (Wildman–Crippen LogP) is 3.84. The third kappa shape index (κ3) is 3.65. The number of halogens is 3. The van der Waals surface area contributed by atoms with E-state index in [2.05, 4.69) is 15.9 Å². The summed E-state index contributed by atoms with van der Waals surface area (Å²) in [6.07, 6.45) is 1.02. The Morgan fingerprint density at radius 1 is 1.23 bits per heavy atom. The maximum atomic E-state index is 12.7. The molecule has 0 saturated heterocycles. The Hall–Kier alpha value is -0.0900. The van der Waals surface area contributed by atoms with Crippen molar-refractivity contribution in [2.45, 2.75) is 11.3 Å². The van der Waals surface area contributed by atoms with E-state index in [-0.39, 0.29) is 0 Å². The number of thioether (sulfide) groups is 1. The van der Waals surface area contributed by atoms with E-state index in [0.717, 1.165) is 28.5 Å². The van der Waals surface area contributed by atoms with E-state index in [9.17, 15) is 8.78 Å². The zero-order chi connectivity index (χ0) is 9.68. The van der Waals surface area contributed by atoms with Crippen LogP contribution in [0.5, 0.6) is 0 Å². The molecule has 13 heavy (non-hydrogen) atoms. The van der Waals surface area contributed by atoms with Crippen molar-refractivity contribution in [2.75, 3.05) is 11.1 Å². The highest BCUT2D eigenvalue weighted by Gasteiger charge is 2.02. The minimum atomic E-state index is -0.787. The molecule has 72 valence electrons. The van der Waals surface area contributed by atoms with E-state index < -0.39 is 11.6 Å². The van der Waals surface area contributed by atoms with Gasteiger partial charge in [0.2, 0.25) is 0 Å². The first kappa shape index (κ1) is 11.0. The van der Waals surface area contributed by atoms with E-state index in [1.807, 2.05) is 0 Å². The Morgan fingerprint density at radius 2 is 2.00 bits per heavy atom. The summed E-state index contributed by atoms with van der Waals surface area (Å²) in [5.74, 6) is -0.648. The quantitative estimate of drug-likeness (QED) is 0.453. The van der Waals surface area contributed by atoms with Gasteiger partial charge >= 0.3 is 0 Å². The van der Waals surface area contributed by atoms with Crippen LogP contribution in [0.4, 0.5) is 8.78 Å². The van der Waals surface area contributed by atoms with Crippen molar-refractivity contribution in [1.29, 1.82) is 0 Å². The molecule has 0 aromatic heterocycles. The molecule has 0 aliphatic rings. The molecule has 1 aromatic rings. The van der Waals surface area contributed by atoms with E-state index in [1.54, 1.807) is 6.07 Å². The van der Waals surface area contributed by atoms with Crippen LogP contribution in [-0.4, -0.2) is 11.1 Å². The summed E-state index contributed by atoms with van der Waals surface area (Å²) < 4.78 is 25.2. The topological polar surface area (TPSA) is 0 Å². The summed E-state index contributed by atoms with van der Waals surface area (Å²) in [6.45, 7) is 0. The fraction of sp³-hybridized carbons (Fsp3) is 0.333. The summed E-state index contributed by atoms with van der Waals surface area (Å²) in [4.78, 5) is 0.778. The molecule has 1 rings (SSSR count). The van der Waals surface area contributed by atoms with Gasteiger partial charge in [-0.2, -0.15) is 0 Å². The fourth-order valence-corrected chi connectivity index (χ4v) is 2.34. The minimum absolute atomic E-state index is 0.774. The number of rotatable bonds is 4. The highest BCUT2D eigenvalue weighted by molar-refractivity contribution is 9.09. The first-order valence-electron chi connectivity index (χ1n) is 3.88. The zero-order valence-corrected chi connectivity index (χ0v) is 9.30. The second-order valence-corrected chi connectivity index (χ2v) is 4.43. The molecule has 0 radical (unpaired) electrons. The van der Waals surface area contributed by atoms with Crippen molar-refractivity contribution in [1.82, 2.24) is 0 Å². The molecule has 0 bridgehead atoms. The van der Waals surface area contributed by atoms with Gasteiger partial charge in [0.15, 0.2) is 11.6 Å². The first-order chi connectivity index (χ1) is 6.24. The van der Waals surface area contributed by atoms with Crippen LogP contribution in [0, 0.1) is 11.6 Å². The predicted molar refractivity (Wildman–Crippen MR) is 55.5 cm³/mol. The van der Waals surface area contributed by atoms with Gasteiger partial charge in [-0.3, -0.25) is 0 Å². The SMILES string of the molecule is Fc1ccc(SCCCBr)cc1F. The number of hydrogen-bond acceptors (Lipinski definition) is 1. The molecule has 0 N–H and O–H groups in total. The van der Waals surface area contributed by atoms with Gasteiger partial charge in [0, 0.05) is 10.2 Å². The van der Waals surface area contributed by atoms with Crippen LogP contribution < -0.4 is 0 Å². The van der Waals surface area contributed by atoms with Crippen LogP contribution in [0.15, 0.2) is 23.1 Å². The van der Waals surface area contributed by atoms with Gasteiger partial charge in [-0.1, -0.05) is 15.9 Å². The largest absolute Gasteiger partial charge is 0.204 e. The molecule has 0 saturated carbocycles. The van der Waals surface area contributed by atoms with E-state index in [1.165, 1.54) is 17.8 Å². The Bertz CT molecular complexity index is 278. The van der Waals surface area contributed by atoms with Gasteiger partial charge in [-0.05, 0) is 30.4 Å². The van der Waals surface area contributed by atoms with Gasteiger partial charge in [-0.25, -0.2) is 8.78 Å². The summed E-state index contributed by atoms with van der Waals surface area (Å²) >= 11 is 4.83. The molecule has 1 aromatic carbocycles. The van der Waals surface area contributed by atoms with E-state index in [4.69, 9.17) is 0 Å². The van der Waals surface area contributed by atoms with Crippen LogP contribution in [0.1, 0.15) is 6.42 Å². The third-order valence-electron chi connectivity index (χ3n) is 1.44. The highest BCUT2D eigenvalue weighted by Crippen LogP contribution is 2.21. The van der Waals surface area contributed by atoms with Gasteiger partial charge in [0.25, 0.3) is 0 Å². The lowest BCUT2D eigenvalue weighted by Crippen LogP contribution is -1.85. The van der Waals surface area contributed by atoms with Crippen LogP contribution >= 0.6 is 27.7 Å². The van der Waals surface area contributed by atoms with Crippen LogP contribution in [0.3, 0.4) is 0 Å². The molecule has 0 aliphatic heterocycles. The number of hydrogen-bond donors (Lipinski definition) is 0. The average molecular weight is 267 g/mol. The summed E-state index contributed by atoms with van der Waals surface area (Å²) in [6, 6.07) is 3.98. The van der Waals surface area contributed by atoms with Gasteiger partial charge in [0.05, 0.1) is 0 Å². The van der Waals surface area contributed by atoms with Crippen molar-refractivity contribution < 1.29 is 8.78 Å². The lowest BCUT2D eigenvalue weighted by atomic mass is 10.3.